The number of hydrogen-bond donors (Lipinski definition) is 0. The monoisotopic (exact) mass is 248 g/mol. The van der Waals surface area contributed by atoms with Gasteiger partial charge in [0.25, 0.3) is 0 Å². The average molecular weight is 247 g/mol. The van der Waals surface area contributed by atoms with E-state index in [-0.39, 0.29) is 0 Å². The quantitative estimate of drug-likeness (QED) is 0.573. The van der Waals surface area contributed by atoms with Crippen LogP contribution in [0.1, 0.15) is 32.1 Å². The predicted molar refractivity (Wildman–Crippen MR) is 50.2 cm³/mol. The van der Waals surface area contributed by atoms with Crippen LogP contribution >= 0.6 is 0 Å². The molecule has 1 aliphatic rings. The molecule has 0 spiro atoms. The molecule has 0 amide bonds. The topological polar surface area (TPSA) is 0 Å². The van der Waals surface area contributed by atoms with Crippen LogP contribution in [0.25, 0.3) is 0 Å². The molecule has 0 aromatic heterocycles. The normalized spacial score (nSPS) is 27.0. The summed E-state index contributed by atoms with van der Waals surface area (Å²) < 4.78 is 3.32. The Morgan fingerprint density at radius 1 is 0.700 bits per heavy atom. The first kappa shape index (κ1) is 8.89. The molecule has 1 heterocycles. The van der Waals surface area contributed by atoms with E-state index in [0.717, 1.165) is 0 Å². The molecule has 1 aliphatic heterocycles. The van der Waals surface area contributed by atoms with Crippen LogP contribution in [0.5, 0.6) is 0 Å². The first-order chi connectivity index (χ1) is 4.71. The molecule has 0 bridgehead atoms. The maximum atomic E-state index is 2.62. The standard InChI is InChI=1S/C7H14.2CH3.Sn/c1-3-5-7-6-4-2;;;/h1-7H2;2*1H3;. The molecule has 1 heteroatoms. The SMILES string of the molecule is [CH3][Sn]1([CH3])[CH2]CCCCC[CH2]1. The predicted octanol–water partition coefficient (Wildman–Crippen LogP) is 3.66. The fourth-order valence-electron chi connectivity index (χ4n) is 1.86. The van der Waals surface area contributed by atoms with E-state index in [2.05, 4.69) is 9.88 Å². The Morgan fingerprint density at radius 2 is 1.10 bits per heavy atom. The van der Waals surface area contributed by atoms with Gasteiger partial charge in [-0.1, -0.05) is 0 Å². The fourth-order valence-corrected chi connectivity index (χ4v) is 9.47. The second-order valence-corrected chi connectivity index (χ2v) is 19.6. The third kappa shape index (κ3) is 3.27. The van der Waals surface area contributed by atoms with Gasteiger partial charge in [0.2, 0.25) is 0 Å². The van der Waals surface area contributed by atoms with Gasteiger partial charge in [-0.3, -0.25) is 0 Å². The second-order valence-electron chi connectivity index (χ2n) is 4.43. The molecular formula is C9H20Sn. The van der Waals surface area contributed by atoms with Gasteiger partial charge >= 0.3 is 69.2 Å². The molecule has 10 heavy (non-hydrogen) atoms. The Morgan fingerprint density at radius 3 is 1.60 bits per heavy atom. The van der Waals surface area contributed by atoms with Crippen LogP contribution in [0.3, 0.4) is 0 Å². The summed E-state index contributed by atoms with van der Waals surface area (Å²) in [4.78, 5) is 5.25. The van der Waals surface area contributed by atoms with Gasteiger partial charge in [-0.15, -0.1) is 0 Å². The van der Waals surface area contributed by atoms with Crippen molar-refractivity contribution in [1.82, 2.24) is 0 Å². The van der Waals surface area contributed by atoms with Gasteiger partial charge in [0, 0.05) is 0 Å². The van der Waals surface area contributed by atoms with Crippen LogP contribution in [0.15, 0.2) is 0 Å². The van der Waals surface area contributed by atoms with Gasteiger partial charge in [0.05, 0.1) is 0 Å². The van der Waals surface area contributed by atoms with E-state index in [9.17, 15) is 0 Å². The van der Waals surface area contributed by atoms with Gasteiger partial charge in [0.1, 0.15) is 0 Å². The molecule has 0 aromatic rings. The van der Waals surface area contributed by atoms with Crippen molar-refractivity contribution < 1.29 is 0 Å². The molecule has 1 fully saturated rings. The van der Waals surface area contributed by atoms with Crippen molar-refractivity contribution in [3.05, 3.63) is 0 Å². The van der Waals surface area contributed by atoms with Crippen molar-refractivity contribution in [2.24, 2.45) is 0 Å². The van der Waals surface area contributed by atoms with Crippen LogP contribution < -0.4 is 0 Å². The molecule has 0 saturated carbocycles. The minimum atomic E-state index is -1.35. The summed E-state index contributed by atoms with van der Waals surface area (Å²) in [7, 11) is 0. The Kier molecular flexibility index (Phi) is 3.54. The van der Waals surface area contributed by atoms with Gasteiger partial charge in [0.15, 0.2) is 0 Å². The number of hydrogen-bond acceptors (Lipinski definition) is 0. The molecule has 1 saturated heterocycles. The fraction of sp³-hybridized carbons (Fsp3) is 1.00. The van der Waals surface area contributed by atoms with E-state index < -0.39 is 18.4 Å². The van der Waals surface area contributed by atoms with E-state index in [1.165, 1.54) is 19.3 Å². The van der Waals surface area contributed by atoms with Crippen LogP contribution in [-0.4, -0.2) is 18.4 Å². The Bertz CT molecular complexity index is 86.9. The molecule has 0 atom stereocenters. The zero-order valence-electron chi connectivity index (χ0n) is 7.45. The number of rotatable bonds is 0. The van der Waals surface area contributed by atoms with Gasteiger partial charge in [-0.05, 0) is 0 Å². The molecule has 0 nitrogen and oxygen atoms in total. The van der Waals surface area contributed by atoms with Gasteiger partial charge in [-0.25, -0.2) is 0 Å². The van der Waals surface area contributed by atoms with Crippen molar-refractivity contribution in [2.75, 3.05) is 0 Å². The van der Waals surface area contributed by atoms with Crippen molar-refractivity contribution in [3.63, 3.8) is 0 Å². The molecule has 0 radical (unpaired) electrons. The first-order valence-electron chi connectivity index (χ1n) is 4.71. The Labute approximate surface area is 69.3 Å². The minimum absolute atomic E-state index is 1.35. The summed E-state index contributed by atoms with van der Waals surface area (Å²) in [6.45, 7) is 0. The molecule has 0 unspecified atom stereocenters. The van der Waals surface area contributed by atoms with Crippen molar-refractivity contribution >= 4 is 18.4 Å². The zero-order valence-corrected chi connectivity index (χ0v) is 10.3. The third-order valence-electron chi connectivity index (χ3n) is 2.71. The molecule has 60 valence electrons. The van der Waals surface area contributed by atoms with Crippen molar-refractivity contribution in [2.45, 2.75) is 50.9 Å². The molecule has 0 N–H and O–H groups in total. The molecular weight excluding hydrogens is 227 g/mol. The van der Waals surface area contributed by atoms with E-state index in [1.807, 2.05) is 0 Å². The average Bonchev–Trinajstić information content (AvgIpc) is 1.81. The van der Waals surface area contributed by atoms with Crippen molar-refractivity contribution in [1.29, 1.82) is 0 Å². The van der Waals surface area contributed by atoms with Crippen LogP contribution in [-0.2, 0) is 0 Å². The molecule has 0 aliphatic carbocycles. The maximum absolute atomic E-state index is 2.62. The van der Waals surface area contributed by atoms with E-state index in [0.29, 0.717) is 0 Å². The van der Waals surface area contributed by atoms with E-state index in [1.54, 1.807) is 21.7 Å². The van der Waals surface area contributed by atoms with E-state index >= 15 is 0 Å². The van der Waals surface area contributed by atoms with Crippen molar-refractivity contribution in [3.8, 4) is 0 Å². The van der Waals surface area contributed by atoms with Crippen LogP contribution in [0, 0.1) is 0 Å². The summed E-state index contributed by atoms with van der Waals surface area (Å²) in [6, 6.07) is 0. The molecule has 1 rings (SSSR count). The van der Waals surface area contributed by atoms with Crippen LogP contribution in [0.2, 0.25) is 18.8 Å². The summed E-state index contributed by atoms with van der Waals surface area (Å²) >= 11 is -1.35. The summed E-state index contributed by atoms with van der Waals surface area (Å²) in [5.41, 5.74) is 0. The van der Waals surface area contributed by atoms with Gasteiger partial charge in [-0.2, -0.15) is 0 Å². The van der Waals surface area contributed by atoms with E-state index in [4.69, 9.17) is 0 Å². The Balaban J connectivity index is 2.30. The molecule has 0 aromatic carbocycles. The second kappa shape index (κ2) is 3.98. The first-order valence-corrected chi connectivity index (χ1v) is 14.5. The summed E-state index contributed by atoms with van der Waals surface area (Å²) in [5.74, 6) is 0. The summed E-state index contributed by atoms with van der Waals surface area (Å²) in [5, 5.41) is 0. The van der Waals surface area contributed by atoms with Crippen LogP contribution in [0.4, 0.5) is 0 Å². The third-order valence-corrected chi connectivity index (χ3v) is 12.5. The summed E-state index contributed by atoms with van der Waals surface area (Å²) in [6.07, 6.45) is 7.69. The Hall–Kier alpha value is 0.799. The zero-order chi connectivity index (χ0) is 7.45. The van der Waals surface area contributed by atoms with Gasteiger partial charge < -0.3 is 0 Å².